The summed E-state index contributed by atoms with van der Waals surface area (Å²) >= 11 is 6.07. The molecule has 0 bridgehead atoms. The number of rotatable bonds is 3. The molecule has 2 fully saturated rings. The lowest BCUT2D eigenvalue weighted by Crippen LogP contribution is -2.66. The molecule has 1 unspecified atom stereocenters. The zero-order valence-electron chi connectivity index (χ0n) is 11.2. The first-order valence-corrected chi connectivity index (χ1v) is 7.07. The van der Waals surface area contributed by atoms with Gasteiger partial charge in [-0.15, -0.1) is 0 Å². The van der Waals surface area contributed by atoms with E-state index in [1.807, 2.05) is 6.92 Å². The van der Waals surface area contributed by atoms with Crippen LogP contribution in [0.5, 0.6) is 0 Å². The summed E-state index contributed by atoms with van der Waals surface area (Å²) in [4.78, 5) is 30.0. The van der Waals surface area contributed by atoms with Crippen LogP contribution < -0.4 is 5.32 Å². The van der Waals surface area contributed by atoms with Crippen molar-refractivity contribution in [3.63, 3.8) is 0 Å². The van der Waals surface area contributed by atoms with Gasteiger partial charge < -0.3 is 10.2 Å². The summed E-state index contributed by atoms with van der Waals surface area (Å²) < 4.78 is 0. The van der Waals surface area contributed by atoms with E-state index in [0.29, 0.717) is 11.6 Å². The molecule has 2 aliphatic rings. The average molecular weight is 294 g/mol. The molecule has 0 aromatic carbocycles. The van der Waals surface area contributed by atoms with Crippen molar-refractivity contribution >= 4 is 23.4 Å². The fraction of sp³-hybridized carbons (Fsp3) is 0.500. The van der Waals surface area contributed by atoms with Gasteiger partial charge in [0, 0.05) is 18.9 Å². The van der Waals surface area contributed by atoms with Crippen LogP contribution in [0.15, 0.2) is 18.5 Å². The number of carbonyl (C=O) groups excluding carboxylic acids is 2. The van der Waals surface area contributed by atoms with Crippen molar-refractivity contribution in [1.29, 1.82) is 0 Å². The van der Waals surface area contributed by atoms with E-state index >= 15 is 0 Å². The van der Waals surface area contributed by atoms with Crippen LogP contribution in [-0.2, 0) is 16.1 Å². The third-order valence-electron chi connectivity index (χ3n) is 4.08. The van der Waals surface area contributed by atoms with E-state index in [2.05, 4.69) is 10.3 Å². The number of halogens is 1. The van der Waals surface area contributed by atoms with Crippen LogP contribution in [0.25, 0.3) is 0 Å². The van der Waals surface area contributed by atoms with Crippen LogP contribution in [0, 0.1) is 5.92 Å². The minimum absolute atomic E-state index is 0.0209. The number of hydrogen-bond acceptors (Lipinski definition) is 3. The average Bonchev–Trinajstić information content (AvgIpc) is 3.22. The van der Waals surface area contributed by atoms with Gasteiger partial charge in [0.05, 0.1) is 11.6 Å². The molecule has 3 rings (SSSR count). The summed E-state index contributed by atoms with van der Waals surface area (Å²) in [6.45, 7) is 2.25. The fourth-order valence-corrected chi connectivity index (χ4v) is 2.94. The molecule has 2 heterocycles. The topological polar surface area (TPSA) is 62.3 Å². The van der Waals surface area contributed by atoms with Crippen molar-refractivity contribution in [1.82, 2.24) is 15.2 Å². The lowest BCUT2D eigenvalue weighted by molar-refractivity contribution is -0.150. The lowest BCUT2D eigenvalue weighted by Gasteiger charge is -2.40. The van der Waals surface area contributed by atoms with Gasteiger partial charge in [-0.3, -0.25) is 14.6 Å². The second kappa shape index (κ2) is 4.74. The largest absolute Gasteiger partial charge is 0.340 e. The first-order valence-electron chi connectivity index (χ1n) is 6.69. The SMILES string of the molecule is CC1(C2CC2)NC(=O)CN(Cc2ccncc2Cl)C1=O. The van der Waals surface area contributed by atoms with Crippen LogP contribution in [0.2, 0.25) is 5.02 Å². The number of pyridine rings is 1. The van der Waals surface area contributed by atoms with Crippen molar-refractivity contribution in [2.75, 3.05) is 6.54 Å². The van der Waals surface area contributed by atoms with Gasteiger partial charge in [0.1, 0.15) is 5.54 Å². The first kappa shape index (κ1) is 13.4. The highest BCUT2D eigenvalue weighted by molar-refractivity contribution is 6.31. The van der Waals surface area contributed by atoms with E-state index in [-0.39, 0.29) is 24.3 Å². The molecule has 1 atom stereocenters. The van der Waals surface area contributed by atoms with Crippen molar-refractivity contribution in [3.05, 3.63) is 29.0 Å². The molecule has 1 saturated carbocycles. The third-order valence-corrected chi connectivity index (χ3v) is 4.42. The number of hydrogen-bond donors (Lipinski definition) is 1. The Morgan fingerprint density at radius 3 is 2.90 bits per heavy atom. The normalized spacial score (nSPS) is 26.6. The molecule has 2 amide bonds. The Bertz CT molecular complexity index is 573. The summed E-state index contributed by atoms with van der Waals surface area (Å²) in [5.41, 5.74) is 0.0531. The van der Waals surface area contributed by atoms with Crippen molar-refractivity contribution in [3.8, 4) is 0 Å². The second-order valence-corrected chi connectivity index (χ2v) is 6.06. The Labute approximate surface area is 122 Å². The van der Waals surface area contributed by atoms with E-state index in [1.165, 1.54) is 0 Å². The highest BCUT2D eigenvalue weighted by Crippen LogP contribution is 2.41. The van der Waals surface area contributed by atoms with Gasteiger partial charge in [-0.05, 0) is 37.3 Å². The van der Waals surface area contributed by atoms with E-state index in [0.717, 1.165) is 18.4 Å². The van der Waals surface area contributed by atoms with Gasteiger partial charge in [0.15, 0.2) is 0 Å². The maximum Gasteiger partial charge on any atom is 0.249 e. The quantitative estimate of drug-likeness (QED) is 0.915. The molecular formula is C14H16ClN3O2. The summed E-state index contributed by atoms with van der Waals surface area (Å²) in [6, 6.07) is 1.77. The minimum Gasteiger partial charge on any atom is -0.340 e. The number of piperazine rings is 1. The van der Waals surface area contributed by atoms with Gasteiger partial charge >= 0.3 is 0 Å². The highest BCUT2D eigenvalue weighted by Gasteiger charge is 2.52. The number of aromatic nitrogens is 1. The van der Waals surface area contributed by atoms with E-state index < -0.39 is 5.54 Å². The van der Waals surface area contributed by atoms with E-state index in [1.54, 1.807) is 23.4 Å². The Morgan fingerprint density at radius 2 is 2.25 bits per heavy atom. The minimum atomic E-state index is -0.755. The third kappa shape index (κ3) is 2.26. The molecule has 1 saturated heterocycles. The van der Waals surface area contributed by atoms with Crippen molar-refractivity contribution < 1.29 is 9.59 Å². The van der Waals surface area contributed by atoms with Gasteiger partial charge in [-0.25, -0.2) is 0 Å². The Balaban J connectivity index is 1.84. The van der Waals surface area contributed by atoms with E-state index in [4.69, 9.17) is 11.6 Å². The van der Waals surface area contributed by atoms with E-state index in [9.17, 15) is 9.59 Å². The molecule has 20 heavy (non-hydrogen) atoms. The van der Waals surface area contributed by atoms with Crippen molar-refractivity contribution in [2.45, 2.75) is 31.8 Å². The monoisotopic (exact) mass is 293 g/mol. The predicted molar refractivity (Wildman–Crippen MR) is 73.9 cm³/mol. The Hall–Kier alpha value is -1.62. The maximum atomic E-state index is 12.6. The van der Waals surface area contributed by atoms with Gasteiger partial charge in [-0.2, -0.15) is 0 Å². The van der Waals surface area contributed by atoms with Gasteiger partial charge in [-0.1, -0.05) is 11.6 Å². The Morgan fingerprint density at radius 1 is 1.50 bits per heavy atom. The molecule has 0 radical (unpaired) electrons. The number of nitrogens with one attached hydrogen (secondary N) is 1. The standard InChI is InChI=1S/C14H16ClN3O2/c1-14(10-2-3-10)13(20)18(8-12(19)17-14)7-9-4-5-16-6-11(9)15/h4-6,10H,2-3,7-8H2,1H3,(H,17,19). The molecule has 1 aliphatic carbocycles. The molecule has 5 nitrogen and oxygen atoms in total. The van der Waals surface area contributed by atoms with Crippen molar-refractivity contribution in [2.24, 2.45) is 5.92 Å². The summed E-state index contributed by atoms with van der Waals surface area (Å²) in [6.07, 6.45) is 5.17. The molecule has 1 aromatic rings. The number of carbonyl (C=O) groups is 2. The van der Waals surface area contributed by atoms with Crippen LogP contribution in [0.1, 0.15) is 25.3 Å². The summed E-state index contributed by atoms with van der Waals surface area (Å²) in [7, 11) is 0. The molecule has 1 N–H and O–H groups in total. The van der Waals surface area contributed by atoms with Gasteiger partial charge in [0.25, 0.3) is 0 Å². The fourth-order valence-electron chi connectivity index (χ4n) is 2.76. The zero-order chi connectivity index (χ0) is 14.3. The molecule has 106 valence electrons. The molecular weight excluding hydrogens is 278 g/mol. The van der Waals surface area contributed by atoms with Crippen LogP contribution in [0.4, 0.5) is 0 Å². The first-order chi connectivity index (χ1) is 9.50. The smallest absolute Gasteiger partial charge is 0.249 e. The number of amides is 2. The van der Waals surface area contributed by atoms with Crippen LogP contribution in [-0.4, -0.2) is 33.8 Å². The summed E-state index contributed by atoms with van der Waals surface area (Å²) in [5.74, 6) is 0.131. The lowest BCUT2D eigenvalue weighted by atomic mass is 9.91. The van der Waals surface area contributed by atoms with Gasteiger partial charge in [0.2, 0.25) is 11.8 Å². The Kier molecular flexibility index (Phi) is 3.17. The zero-order valence-corrected chi connectivity index (χ0v) is 12.0. The maximum absolute atomic E-state index is 12.6. The summed E-state index contributed by atoms with van der Waals surface area (Å²) in [5, 5.41) is 3.37. The molecule has 0 spiro atoms. The molecule has 1 aromatic heterocycles. The second-order valence-electron chi connectivity index (χ2n) is 5.65. The van der Waals surface area contributed by atoms with Crippen LogP contribution >= 0.6 is 11.6 Å². The highest BCUT2D eigenvalue weighted by atomic mass is 35.5. The van der Waals surface area contributed by atoms with Crippen LogP contribution in [0.3, 0.4) is 0 Å². The molecule has 6 heteroatoms. The predicted octanol–water partition coefficient (Wildman–Crippen LogP) is 1.36. The molecule has 1 aliphatic heterocycles. The number of nitrogens with zero attached hydrogens (tertiary/aromatic N) is 2.